The van der Waals surface area contributed by atoms with E-state index >= 15 is 0 Å². The van der Waals surface area contributed by atoms with Crippen molar-refractivity contribution in [2.45, 2.75) is 6.42 Å². The maximum absolute atomic E-state index is 11.1. The van der Waals surface area contributed by atoms with Crippen molar-refractivity contribution in [2.75, 3.05) is 11.9 Å². The van der Waals surface area contributed by atoms with Gasteiger partial charge >= 0.3 is 0 Å². The highest BCUT2D eigenvalue weighted by Crippen LogP contribution is 2.35. The van der Waals surface area contributed by atoms with E-state index in [9.17, 15) is 14.9 Å². The summed E-state index contributed by atoms with van der Waals surface area (Å²) in [4.78, 5) is 21.2. The summed E-state index contributed by atoms with van der Waals surface area (Å²) in [5.74, 6) is -0.694. The topological polar surface area (TPSA) is 95.5 Å². The molecule has 1 aromatic carbocycles. The van der Waals surface area contributed by atoms with Crippen LogP contribution >= 0.6 is 27.5 Å². The van der Waals surface area contributed by atoms with Crippen molar-refractivity contribution in [2.24, 2.45) is 5.73 Å². The molecule has 1 rings (SSSR count). The zero-order valence-corrected chi connectivity index (χ0v) is 11.5. The Morgan fingerprint density at radius 2 is 2.22 bits per heavy atom. The second-order valence-electron chi connectivity index (χ2n) is 3.32. The number of primary amides is 1. The first kappa shape index (κ1) is 14.7. The number of alkyl halides is 1. The Morgan fingerprint density at radius 3 is 2.72 bits per heavy atom. The molecular weight excluding hydrogens is 327 g/mol. The number of carbonyl (C=O) groups is 1. The van der Waals surface area contributed by atoms with Gasteiger partial charge in [-0.05, 0) is 12.5 Å². The summed E-state index contributed by atoms with van der Waals surface area (Å²) in [6, 6.07) is 2.33. The molecule has 0 saturated heterocycles. The van der Waals surface area contributed by atoms with Crippen LogP contribution in [0, 0.1) is 10.1 Å². The molecule has 8 heteroatoms. The van der Waals surface area contributed by atoms with Crippen molar-refractivity contribution in [3.05, 3.63) is 32.8 Å². The van der Waals surface area contributed by atoms with Gasteiger partial charge in [-0.2, -0.15) is 0 Å². The van der Waals surface area contributed by atoms with Gasteiger partial charge in [-0.25, -0.2) is 0 Å². The van der Waals surface area contributed by atoms with Crippen molar-refractivity contribution in [3.8, 4) is 5.75 Å². The molecule has 0 atom stereocenters. The molecule has 0 saturated carbocycles. The van der Waals surface area contributed by atoms with Crippen LogP contribution in [0.4, 0.5) is 5.69 Å². The fourth-order valence-electron chi connectivity index (χ4n) is 1.20. The molecule has 2 N–H and O–H groups in total. The Bertz CT molecular complexity index is 481. The molecule has 0 bridgehead atoms. The van der Waals surface area contributed by atoms with Crippen LogP contribution in [-0.2, 0) is 0 Å². The number of benzene rings is 1. The molecule has 0 radical (unpaired) electrons. The van der Waals surface area contributed by atoms with Crippen LogP contribution in [0.1, 0.15) is 16.8 Å². The first-order valence-electron chi connectivity index (χ1n) is 4.94. The number of nitrogens with zero attached hydrogens (tertiary/aromatic N) is 1. The zero-order chi connectivity index (χ0) is 13.7. The number of halogens is 2. The Balaban J connectivity index is 3.14. The van der Waals surface area contributed by atoms with Crippen molar-refractivity contribution < 1.29 is 14.5 Å². The Morgan fingerprint density at radius 1 is 1.56 bits per heavy atom. The highest BCUT2D eigenvalue weighted by molar-refractivity contribution is 9.09. The second-order valence-corrected chi connectivity index (χ2v) is 4.49. The maximum Gasteiger partial charge on any atom is 0.292 e. The molecule has 18 heavy (non-hydrogen) atoms. The third-order valence-electron chi connectivity index (χ3n) is 2.04. The number of amides is 1. The van der Waals surface area contributed by atoms with Crippen LogP contribution < -0.4 is 10.5 Å². The third kappa shape index (κ3) is 3.58. The van der Waals surface area contributed by atoms with E-state index in [1.54, 1.807) is 0 Å². The standard InChI is InChI=1S/C10H10BrClN2O4/c11-2-1-3-18-8-5-6(10(13)15)4-7(9(8)12)14(16)17/h4-5H,1-3H2,(H2,13,15). The van der Waals surface area contributed by atoms with Gasteiger partial charge in [0.1, 0.15) is 5.75 Å². The molecule has 0 spiro atoms. The number of ether oxygens (including phenoxy) is 1. The van der Waals surface area contributed by atoms with Crippen molar-refractivity contribution in [1.82, 2.24) is 0 Å². The Hall–Kier alpha value is -1.34. The molecule has 0 aliphatic carbocycles. The summed E-state index contributed by atoms with van der Waals surface area (Å²) in [5, 5.41) is 11.4. The van der Waals surface area contributed by atoms with E-state index in [4.69, 9.17) is 22.1 Å². The van der Waals surface area contributed by atoms with Crippen LogP contribution in [0.3, 0.4) is 0 Å². The summed E-state index contributed by atoms with van der Waals surface area (Å²) < 4.78 is 5.28. The molecule has 0 heterocycles. The van der Waals surface area contributed by atoms with Crippen molar-refractivity contribution in [3.63, 3.8) is 0 Å². The predicted molar refractivity (Wildman–Crippen MR) is 70.5 cm³/mol. The minimum absolute atomic E-state index is 0.0139. The zero-order valence-electron chi connectivity index (χ0n) is 9.19. The lowest BCUT2D eigenvalue weighted by molar-refractivity contribution is -0.384. The van der Waals surface area contributed by atoms with Gasteiger partial charge in [0.2, 0.25) is 5.91 Å². The van der Waals surface area contributed by atoms with Gasteiger partial charge in [-0.3, -0.25) is 14.9 Å². The van der Waals surface area contributed by atoms with E-state index in [1.807, 2.05) is 0 Å². The third-order valence-corrected chi connectivity index (χ3v) is 2.98. The van der Waals surface area contributed by atoms with Crippen molar-refractivity contribution >= 4 is 39.1 Å². The van der Waals surface area contributed by atoms with E-state index in [0.29, 0.717) is 13.0 Å². The van der Waals surface area contributed by atoms with Gasteiger partial charge in [-0.15, -0.1) is 0 Å². The normalized spacial score (nSPS) is 10.1. The van der Waals surface area contributed by atoms with E-state index in [2.05, 4.69) is 15.9 Å². The first-order chi connectivity index (χ1) is 8.47. The van der Waals surface area contributed by atoms with Gasteiger partial charge in [0.25, 0.3) is 5.69 Å². The molecule has 6 nitrogen and oxygen atoms in total. The minimum atomic E-state index is -0.778. The van der Waals surface area contributed by atoms with Gasteiger partial charge < -0.3 is 10.5 Å². The summed E-state index contributed by atoms with van der Waals surface area (Å²) in [5.41, 5.74) is 4.67. The molecule has 0 aliphatic rings. The van der Waals surface area contributed by atoms with Crippen molar-refractivity contribution in [1.29, 1.82) is 0 Å². The first-order valence-corrected chi connectivity index (χ1v) is 6.43. The number of rotatable bonds is 6. The van der Waals surface area contributed by atoms with Crippen LogP contribution in [0.2, 0.25) is 5.02 Å². The maximum atomic E-state index is 11.1. The SMILES string of the molecule is NC(=O)c1cc(OCCCBr)c(Cl)c([N+](=O)[O-])c1. The van der Waals surface area contributed by atoms with Crippen LogP contribution in [0.15, 0.2) is 12.1 Å². The number of nitro groups is 1. The number of hydrogen-bond donors (Lipinski definition) is 1. The Labute approximate surface area is 116 Å². The fourth-order valence-corrected chi connectivity index (χ4v) is 1.66. The van der Waals surface area contributed by atoms with Gasteiger partial charge in [-0.1, -0.05) is 27.5 Å². The second kappa shape index (κ2) is 6.55. The van der Waals surface area contributed by atoms with Crippen LogP contribution in [0.5, 0.6) is 5.75 Å². The summed E-state index contributed by atoms with van der Waals surface area (Å²) in [7, 11) is 0. The molecule has 1 aromatic rings. The monoisotopic (exact) mass is 336 g/mol. The van der Waals surface area contributed by atoms with E-state index in [0.717, 1.165) is 11.4 Å². The molecule has 0 fully saturated rings. The lowest BCUT2D eigenvalue weighted by Gasteiger charge is -2.08. The van der Waals surface area contributed by atoms with E-state index in [1.165, 1.54) is 6.07 Å². The summed E-state index contributed by atoms with van der Waals surface area (Å²) >= 11 is 9.05. The van der Waals surface area contributed by atoms with Crippen LogP contribution in [0.25, 0.3) is 0 Å². The summed E-state index contributed by atoms with van der Waals surface area (Å²) in [6.07, 6.45) is 0.699. The van der Waals surface area contributed by atoms with E-state index in [-0.39, 0.29) is 16.3 Å². The minimum Gasteiger partial charge on any atom is -0.492 e. The fraction of sp³-hybridized carbons (Fsp3) is 0.300. The van der Waals surface area contributed by atoms with Gasteiger partial charge in [0, 0.05) is 17.0 Å². The van der Waals surface area contributed by atoms with Gasteiger partial charge in [0.05, 0.1) is 11.5 Å². The lowest BCUT2D eigenvalue weighted by Crippen LogP contribution is -2.12. The average molecular weight is 338 g/mol. The Kier molecular flexibility index (Phi) is 5.36. The predicted octanol–water partition coefficient (Wildman–Crippen LogP) is 2.51. The number of nitrogens with two attached hydrogens (primary N) is 1. The number of carbonyl (C=O) groups excluding carboxylic acids is 1. The average Bonchev–Trinajstić information content (AvgIpc) is 2.30. The highest BCUT2D eigenvalue weighted by atomic mass is 79.9. The molecule has 0 aliphatic heterocycles. The summed E-state index contributed by atoms with van der Waals surface area (Å²) in [6.45, 7) is 0.324. The quantitative estimate of drug-likeness (QED) is 0.373. The molecule has 0 unspecified atom stereocenters. The number of nitro benzene ring substituents is 1. The molecule has 0 aromatic heterocycles. The molecular formula is C10H10BrClN2O4. The largest absolute Gasteiger partial charge is 0.492 e. The molecule has 1 amide bonds. The number of hydrogen-bond acceptors (Lipinski definition) is 4. The van der Waals surface area contributed by atoms with Crippen LogP contribution in [-0.4, -0.2) is 22.8 Å². The van der Waals surface area contributed by atoms with Gasteiger partial charge in [0.15, 0.2) is 5.02 Å². The van der Waals surface area contributed by atoms with E-state index < -0.39 is 16.5 Å². The smallest absolute Gasteiger partial charge is 0.292 e. The lowest BCUT2D eigenvalue weighted by atomic mass is 10.2. The highest BCUT2D eigenvalue weighted by Gasteiger charge is 2.20. The molecule has 98 valence electrons.